The van der Waals surface area contributed by atoms with E-state index in [9.17, 15) is 0 Å². The van der Waals surface area contributed by atoms with Crippen molar-refractivity contribution in [1.29, 1.82) is 0 Å². The summed E-state index contributed by atoms with van der Waals surface area (Å²) in [4.78, 5) is 0. The summed E-state index contributed by atoms with van der Waals surface area (Å²) >= 11 is 6.30. The molecule has 1 aromatic rings. The topological polar surface area (TPSA) is 42.5 Å². The zero-order chi connectivity index (χ0) is 17.8. The molecule has 152 valence electrons. The summed E-state index contributed by atoms with van der Waals surface area (Å²) in [6.07, 6.45) is 6.00. The van der Waals surface area contributed by atoms with Crippen molar-refractivity contribution >= 4 is 24.0 Å². The number of hydrogen-bond donors (Lipinski definition) is 2. The van der Waals surface area contributed by atoms with Gasteiger partial charge in [-0.25, -0.2) is 0 Å². The molecule has 2 heterocycles. The fraction of sp³-hybridized carbons (Fsp3) is 0.714. The van der Waals surface area contributed by atoms with Gasteiger partial charge in [-0.15, -0.1) is 12.4 Å². The Morgan fingerprint density at radius 1 is 1.15 bits per heavy atom. The highest BCUT2D eigenvalue weighted by molar-refractivity contribution is 6.30. The molecule has 1 aliphatic carbocycles. The number of nitrogens with one attached hydrogen (secondary N) is 2. The molecule has 3 fully saturated rings. The van der Waals surface area contributed by atoms with Crippen LogP contribution in [0.2, 0.25) is 5.02 Å². The van der Waals surface area contributed by atoms with E-state index in [1.807, 2.05) is 6.07 Å². The molecular formula is C21H32Cl2N2O2. The van der Waals surface area contributed by atoms with Crippen LogP contribution in [0, 0.1) is 5.92 Å². The number of rotatable bonds is 5. The van der Waals surface area contributed by atoms with Crippen LogP contribution < -0.4 is 10.6 Å². The van der Waals surface area contributed by atoms with Gasteiger partial charge in [0.15, 0.2) is 0 Å². The highest BCUT2D eigenvalue weighted by Crippen LogP contribution is 2.37. The molecule has 0 bridgehead atoms. The van der Waals surface area contributed by atoms with Gasteiger partial charge in [0.1, 0.15) is 0 Å². The smallest absolute Gasteiger partial charge is 0.0623 e. The maximum Gasteiger partial charge on any atom is 0.0623 e. The minimum atomic E-state index is 0. The normalized spacial score (nSPS) is 30.6. The van der Waals surface area contributed by atoms with Crippen LogP contribution in [0.4, 0.5) is 0 Å². The van der Waals surface area contributed by atoms with Gasteiger partial charge in [-0.1, -0.05) is 30.2 Å². The molecule has 2 aliphatic heterocycles. The molecule has 0 radical (unpaired) electrons. The van der Waals surface area contributed by atoms with Gasteiger partial charge in [-0.2, -0.15) is 0 Å². The predicted molar refractivity (Wildman–Crippen MR) is 112 cm³/mol. The maximum atomic E-state index is 6.30. The number of morpholine rings is 1. The number of benzene rings is 1. The summed E-state index contributed by atoms with van der Waals surface area (Å²) in [7, 11) is 0. The van der Waals surface area contributed by atoms with Crippen LogP contribution in [0.3, 0.4) is 0 Å². The van der Waals surface area contributed by atoms with Gasteiger partial charge in [0.05, 0.1) is 13.2 Å². The van der Waals surface area contributed by atoms with E-state index in [2.05, 4.69) is 28.8 Å². The molecule has 0 spiro atoms. The monoisotopic (exact) mass is 414 g/mol. The molecule has 0 aromatic heterocycles. The highest BCUT2D eigenvalue weighted by atomic mass is 35.5. The van der Waals surface area contributed by atoms with Crippen molar-refractivity contribution in [3.05, 3.63) is 34.9 Å². The summed E-state index contributed by atoms with van der Waals surface area (Å²) in [6, 6.07) is 9.51. The van der Waals surface area contributed by atoms with Crippen molar-refractivity contribution in [3.63, 3.8) is 0 Å². The Bertz CT molecular complexity index is 589. The molecule has 1 saturated carbocycles. The first-order chi connectivity index (χ1) is 12.8. The second-order valence-electron chi connectivity index (χ2n) is 8.12. The van der Waals surface area contributed by atoms with E-state index in [1.54, 1.807) is 0 Å². The lowest BCUT2D eigenvalue weighted by Gasteiger charge is -2.40. The fourth-order valence-corrected chi connectivity index (χ4v) is 5.25. The van der Waals surface area contributed by atoms with Crippen molar-refractivity contribution in [2.24, 2.45) is 5.92 Å². The van der Waals surface area contributed by atoms with E-state index < -0.39 is 0 Å². The predicted octanol–water partition coefficient (Wildman–Crippen LogP) is 3.56. The van der Waals surface area contributed by atoms with Crippen LogP contribution in [-0.4, -0.2) is 51.6 Å². The molecule has 6 heteroatoms. The van der Waals surface area contributed by atoms with Crippen molar-refractivity contribution in [1.82, 2.24) is 10.6 Å². The second-order valence-corrected chi connectivity index (χ2v) is 8.56. The Morgan fingerprint density at radius 2 is 2.00 bits per heavy atom. The molecule has 3 aliphatic rings. The standard InChI is InChI=1S/C21H31ClN2O2.ClH/c22-17-4-1-3-16(13-17)21(7-10-25-11-8-21)15-24-19-6-2-5-18(19)20-14-26-12-9-23-20;/h1,3-4,13,18-20,23-24H,2,5-12,14-15H2;1H. The third-order valence-electron chi connectivity index (χ3n) is 6.63. The molecule has 4 nitrogen and oxygen atoms in total. The molecular weight excluding hydrogens is 383 g/mol. The van der Waals surface area contributed by atoms with Gasteiger partial charge in [-0.3, -0.25) is 0 Å². The summed E-state index contributed by atoms with van der Waals surface area (Å²) in [5.74, 6) is 0.673. The lowest BCUT2D eigenvalue weighted by atomic mass is 9.74. The highest BCUT2D eigenvalue weighted by Gasteiger charge is 2.39. The average molecular weight is 415 g/mol. The molecule has 0 amide bonds. The Balaban J connectivity index is 0.00000210. The van der Waals surface area contributed by atoms with E-state index in [0.29, 0.717) is 18.0 Å². The molecule has 4 rings (SSSR count). The van der Waals surface area contributed by atoms with Crippen molar-refractivity contribution in [2.75, 3.05) is 39.5 Å². The van der Waals surface area contributed by atoms with Crippen LogP contribution in [0.15, 0.2) is 24.3 Å². The lowest BCUT2D eigenvalue weighted by Crippen LogP contribution is -2.53. The first-order valence-electron chi connectivity index (χ1n) is 10.2. The van der Waals surface area contributed by atoms with Crippen molar-refractivity contribution < 1.29 is 9.47 Å². The van der Waals surface area contributed by atoms with E-state index in [1.165, 1.54) is 24.8 Å². The van der Waals surface area contributed by atoms with E-state index in [0.717, 1.165) is 57.4 Å². The second kappa shape index (κ2) is 9.91. The van der Waals surface area contributed by atoms with Crippen LogP contribution in [0.25, 0.3) is 0 Å². The Hall–Kier alpha value is -0.360. The average Bonchev–Trinajstić information content (AvgIpc) is 3.17. The molecule has 2 N–H and O–H groups in total. The van der Waals surface area contributed by atoms with Crippen LogP contribution >= 0.6 is 24.0 Å². The Labute approximate surface area is 174 Å². The van der Waals surface area contributed by atoms with E-state index >= 15 is 0 Å². The molecule has 3 unspecified atom stereocenters. The summed E-state index contributed by atoms with van der Waals surface area (Å²) < 4.78 is 11.4. The van der Waals surface area contributed by atoms with Gasteiger partial charge in [0.25, 0.3) is 0 Å². The van der Waals surface area contributed by atoms with Crippen molar-refractivity contribution in [2.45, 2.75) is 49.6 Å². The summed E-state index contributed by atoms with van der Waals surface area (Å²) in [6.45, 7) is 5.36. The minimum absolute atomic E-state index is 0. The maximum absolute atomic E-state index is 6.30. The first-order valence-corrected chi connectivity index (χ1v) is 10.5. The zero-order valence-corrected chi connectivity index (χ0v) is 17.5. The zero-order valence-electron chi connectivity index (χ0n) is 15.9. The molecule has 1 aromatic carbocycles. The van der Waals surface area contributed by atoms with E-state index in [4.69, 9.17) is 21.1 Å². The molecule has 2 saturated heterocycles. The van der Waals surface area contributed by atoms with Crippen LogP contribution in [-0.2, 0) is 14.9 Å². The fourth-order valence-electron chi connectivity index (χ4n) is 5.06. The summed E-state index contributed by atoms with van der Waals surface area (Å²) in [5, 5.41) is 8.47. The SMILES string of the molecule is Cl.Clc1cccc(C2(CNC3CCCC3C3COCCN3)CCOCC2)c1. The minimum Gasteiger partial charge on any atom is -0.381 e. The van der Waals surface area contributed by atoms with E-state index in [-0.39, 0.29) is 17.8 Å². The Kier molecular flexibility index (Phi) is 7.83. The van der Waals surface area contributed by atoms with Gasteiger partial charge in [0.2, 0.25) is 0 Å². The van der Waals surface area contributed by atoms with Gasteiger partial charge in [-0.05, 0) is 49.3 Å². The largest absolute Gasteiger partial charge is 0.381 e. The van der Waals surface area contributed by atoms with Gasteiger partial charge < -0.3 is 20.1 Å². The Morgan fingerprint density at radius 3 is 2.74 bits per heavy atom. The lowest BCUT2D eigenvalue weighted by molar-refractivity contribution is 0.0419. The van der Waals surface area contributed by atoms with Gasteiger partial charge in [0, 0.05) is 48.8 Å². The molecule has 27 heavy (non-hydrogen) atoms. The van der Waals surface area contributed by atoms with Crippen LogP contribution in [0.1, 0.15) is 37.7 Å². The number of ether oxygens (including phenoxy) is 2. The van der Waals surface area contributed by atoms with Crippen LogP contribution in [0.5, 0.6) is 0 Å². The summed E-state index contributed by atoms with van der Waals surface area (Å²) in [5.41, 5.74) is 1.49. The number of hydrogen-bond acceptors (Lipinski definition) is 4. The number of halogens is 2. The van der Waals surface area contributed by atoms with Crippen molar-refractivity contribution in [3.8, 4) is 0 Å². The third kappa shape index (κ3) is 4.98. The third-order valence-corrected chi connectivity index (χ3v) is 6.86. The quantitative estimate of drug-likeness (QED) is 0.772. The first kappa shape index (κ1) is 21.4. The van der Waals surface area contributed by atoms with Gasteiger partial charge >= 0.3 is 0 Å². The molecule has 3 atom stereocenters.